The quantitative estimate of drug-likeness (QED) is 0.908. The second-order valence-electron chi connectivity index (χ2n) is 5.98. The Labute approximate surface area is 131 Å². The fraction of sp³-hybridized carbons (Fsp3) is 0.500. The summed E-state index contributed by atoms with van der Waals surface area (Å²) in [5.41, 5.74) is -2.37. The van der Waals surface area contributed by atoms with E-state index in [4.69, 9.17) is 0 Å². The van der Waals surface area contributed by atoms with Crippen LogP contribution in [0, 0.1) is 5.92 Å². The van der Waals surface area contributed by atoms with Gasteiger partial charge in [-0.25, -0.2) is 0 Å². The molecule has 0 radical (unpaired) electrons. The maximum atomic E-state index is 13.5. The van der Waals surface area contributed by atoms with Crippen molar-refractivity contribution in [1.82, 2.24) is 5.01 Å². The molecule has 124 valence electrons. The van der Waals surface area contributed by atoms with Gasteiger partial charge >= 0.3 is 6.18 Å². The third-order valence-electron chi connectivity index (χ3n) is 4.47. The number of nitrogens with zero attached hydrogens (tertiary/aromatic N) is 2. The highest BCUT2D eigenvalue weighted by Gasteiger charge is 2.68. The summed E-state index contributed by atoms with van der Waals surface area (Å²) in [6, 6.07) is 8.47. The molecule has 2 aliphatic rings. The summed E-state index contributed by atoms with van der Waals surface area (Å²) in [6.07, 6.45) is -3.30. The second kappa shape index (κ2) is 5.63. The number of carbonyl (C=O) groups is 1. The highest BCUT2D eigenvalue weighted by Crippen LogP contribution is 2.48. The zero-order valence-corrected chi connectivity index (χ0v) is 12.4. The molecule has 1 heterocycles. The van der Waals surface area contributed by atoms with E-state index in [1.807, 2.05) is 0 Å². The molecule has 2 unspecified atom stereocenters. The van der Waals surface area contributed by atoms with Gasteiger partial charge in [0.25, 0.3) is 5.72 Å². The molecule has 1 N–H and O–H groups in total. The van der Waals surface area contributed by atoms with E-state index in [1.165, 1.54) is 0 Å². The van der Waals surface area contributed by atoms with Crippen LogP contribution in [-0.4, -0.2) is 33.6 Å². The maximum Gasteiger partial charge on any atom is 0.439 e. The van der Waals surface area contributed by atoms with Crippen molar-refractivity contribution < 1.29 is 23.1 Å². The van der Waals surface area contributed by atoms with E-state index >= 15 is 0 Å². The lowest BCUT2D eigenvalue weighted by molar-refractivity contribution is -0.317. The van der Waals surface area contributed by atoms with Gasteiger partial charge in [0.15, 0.2) is 0 Å². The molecule has 0 aromatic heterocycles. The average Bonchev–Trinajstić information content (AvgIpc) is 2.83. The second-order valence-corrected chi connectivity index (χ2v) is 5.98. The van der Waals surface area contributed by atoms with Crippen LogP contribution in [0.2, 0.25) is 0 Å². The number of rotatable bonds is 2. The first kappa shape index (κ1) is 16.0. The molecule has 1 aromatic carbocycles. The number of hydrogen-bond donors (Lipinski definition) is 1. The van der Waals surface area contributed by atoms with Gasteiger partial charge in [0.2, 0.25) is 5.91 Å². The smallest absolute Gasteiger partial charge is 0.362 e. The number of hydrazone groups is 1. The summed E-state index contributed by atoms with van der Waals surface area (Å²) in [6.45, 7) is 0. The topological polar surface area (TPSA) is 52.9 Å². The highest BCUT2D eigenvalue weighted by molar-refractivity contribution is 5.93. The van der Waals surface area contributed by atoms with Gasteiger partial charge in [0, 0.05) is 5.71 Å². The molecule has 0 spiro atoms. The SMILES string of the molecule is O=C(Cc1ccccc1)N1N=C2CCCCC2C1(O)C(F)(F)F. The van der Waals surface area contributed by atoms with Crippen molar-refractivity contribution in [1.29, 1.82) is 0 Å². The molecule has 2 atom stereocenters. The fourth-order valence-corrected chi connectivity index (χ4v) is 3.31. The van der Waals surface area contributed by atoms with Crippen molar-refractivity contribution >= 4 is 11.6 Å². The monoisotopic (exact) mass is 326 g/mol. The summed E-state index contributed by atoms with van der Waals surface area (Å²) in [5.74, 6) is -2.01. The Hall–Kier alpha value is -1.89. The molecule has 3 rings (SSSR count). The summed E-state index contributed by atoms with van der Waals surface area (Å²) in [7, 11) is 0. The van der Waals surface area contributed by atoms with Crippen molar-refractivity contribution in [2.75, 3.05) is 0 Å². The standard InChI is InChI=1S/C16H17F3N2O2/c17-16(18,19)15(23)12-8-4-5-9-13(12)20-21(15)14(22)10-11-6-2-1-3-7-11/h1-3,6-7,12,23H,4-5,8-10H2. The summed E-state index contributed by atoms with van der Waals surface area (Å²) in [5, 5.41) is 14.5. The van der Waals surface area contributed by atoms with Gasteiger partial charge in [-0.15, -0.1) is 0 Å². The minimum absolute atomic E-state index is 0.184. The molecule has 1 aliphatic carbocycles. The first-order valence-corrected chi connectivity index (χ1v) is 7.57. The predicted octanol–water partition coefficient (Wildman–Crippen LogP) is 2.87. The first-order chi connectivity index (χ1) is 10.8. The van der Waals surface area contributed by atoms with E-state index in [2.05, 4.69) is 5.10 Å². The normalized spacial score (nSPS) is 27.6. The maximum absolute atomic E-state index is 13.5. The Balaban J connectivity index is 1.92. The van der Waals surface area contributed by atoms with E-state index in [-0.39, 0.29) is 23.6 Å². The Kier molecular flexibility index (Phi) is 3.91. The minimum Gasteiger partial charge on any atom is -0.362 e. The number of amides is 1. The molecule has 1 fully saturated rings. The molecule has 1 aliphatic heterocycles. The van der Waals surface area contributed by atoms with E-state index in [1.54, 1.807) is 30.3 Å². The number of carbonyl (C=O) groups excluding carboxylic acids is 1. The summed E-state index contributed by atoms with van der Waals surface area (Å²) >= 11 is 0. The van der Waals surface area contributed by atoms with Crippen LogP contribution in [0.3, 0.4) is 0 Å². The molecule has 0 bridgehead atoms. The van der Waals surface area contributed by atoms with Gasteiger partial charge in [-0.1, -0.05) is 36.8 Å². The number of alkyl halides is 3. The number of halogens is 3. The minimum atomic E-state index is -4.95. The molecule has 1 aromatic rings. The van der Waals surface area contributed by atoms with Crippen molar-refractivity contribution in [2.24, 2.45) is 11.0 Å². The number of aliphatic hydroxyl groups is 1. The van der Waals surface area contributed by atoms with Crippen molar-refractivity contribution in [3.05, 3.63) is 35.9 Å². The predicted molar refractivity (Wildman–Crippen MR) is 77.4 cm³/mol. The molecule has 4 nitrogen and oxygen atoms in total. The Morgan fingerprint density at radius 1 is 1.30 bits per heavy atom. The van der Waals surface area contributed by atoms with Crippen LogP contribution >= 0.6 is 0 Å². The molecule has 7 heteroatoms. The van der Waals surface area contributed by atoms with E-state index < -0.39 is 23.7 Å². The lowest BCUT2D eigenvalue weighted by Crippen LogP contribution is -2.61. The van der Waals surface area contributed by atoms with Crippen LogP contribution in [-0.2, 0) is 11.2 Å². The van der Waals surface area contributed by atoms with Crippen LogP contribution < -0.4 is 0 Å². The molecule has 1 saturated carbocycles. The van der Waals surface area contributed by atoms with E-state index in [9.17, 15) is 23.1 Å². The highest BCUT2D eigenvalue weighted by atomic mass is 19.4. The molecule has 23 heavy (non-hydrogen) atoms. The van der Waals surface area contributed by atoms with Gasteiger partial charge in [-0.05, 0) is 24.8 Å². The molecular formula is C16H17F3N2O2. The van der Waals surface area contributed by atoms with Crippen molar-refractivity contribution in [3.63, 3.8) is 0 Å². The molecular weight excluding hydrogens is 309 g/mol. The van der Waals surface area contributed by atoms with Gasteiger partial charge in [-0.2, -0.15) is 23.3 Å². The Bertz CT molecular complexity index is 630. The number of fused-ring (bicyclic) bond motifs is 1. The first-order valence-electron chi connectivity index (χ1n) is 7.57. The van der Waals surface area contributed by atoms with Crippen molar-refractivity contribution in [3.8, 4) is 0 Å². The lowest BCUT2D eigenvalue weighted by Gasteiger charge is -2.38. The van der Waals surface area contributed by atoms with Crippen molar-refractivity contribution in [2.45, 2.75) is 44.0 Å². The van der Waals surface area contributed by atoms with E-state index in [0.717, 1.165) is 6.42 Å². The van der Waals surface area contributed by atoms with Gasteiger partial charge < -0.3 is 5.11 Å². The van der Waals surface area contributed by atoms with Crippen LogP contribution in [0.5, 0.6) is 0 Å². The Morgan fingerprint density at radius 3 is 2.65 bits per heavy atom. The number of benzene rings is 1. The largest absolute Gasteiger partial charge is 0.439 e. The fourth-order valence-electron chi connectivity index (χ4n) is 3.31. The third-order valence-corrected chi connectivity index (χ3v) is 4.47. The number of hydrogen-bond acceptors (Lipinski definition) is 3. The Morgan fingerprint density at radius 2 is 2.00 bits per heavy atom. The van der Waals surface area contributed by atoms with Crippen LogP contribution in [0.4, 0.5) is 13.2 Å². The van der Waals surface area contributed by atoms with Crippen LogP contribution in [0.25, 0.3) is 0 Å². The zero-order chi connectivity index (χ0) is 16.7. The van der Waals surface area contributed by atoms with Crippen LogP contribution in [0.15, 0.2) is 35.4 Å². The zero-order valence-electron chi connectivity index (χ0n) is 12.4. The lowest BCUT2D eigenvalue weighted by atomic mass is 9.80. The van der Waals surface area contributed by atoms with Gasteiger partial charge in [-0.3, -0.25) is 4.79 Å². The third kappa shape index (κ3) is 2.63. The molecule has 1 amide bonds. The van der Waals surface area contributed by atoms with E-state index in [0.29, 0.717) is 18.4 Å². The summed E-state index contributed by atoms with van der Waals surface area (Å²) < 4.78 is 40.6. The molecule has 0 saturated heterocycles. The average molecular weight is 326 g/mol. The van der Waals surface area contributed by atoms with Gasteiger partial charge in [0.05, 0.1) is 12.3 Å². The van der Waals surface area contributed by atoms with Gasteiger partial charge in [0.1, 0.15) is 0 Å². The summed E-state index contributed by atoms with van der Waals surface area (Å²) in [4.78, 5) is 12.4. The van der Waals surface area contributed by atoms with Crippen LogP contribution in [0.1, 0.15) is 31.2 Å².